The van der Waals surface area contributed by atoms with Crippen LogP contribution in [0.3, 0.4) is 0 Å². The minimum absolute atomic E-state index is 0.620. The van der Waals surface area contributed by atoms with Gasteiger partial charge >= 0.3 is 0 Å². The van der Waals surface area contributed by atoms with Crippen LogP contribution >= 0.6 is 15.9 Å². The molecule has 0 aromatic heterocycles. The molecule has 0 fully saturated rings. The minimum atomic E-state index is 0.620. The first-order valence-electron chi connectivity index (χ1n) is 6.63. The molecule has 0 saturated carbocycles. The van der Waals surface area contributed by atoms with Gasteiger partial charge in [0.05, 0.1) is 6.61 Å². The summed E-state index contributed by atoms with van der Waals surface area (Å²) in [5.74, 6) is 1.77. The van der Waals surface area contributed by atoms with Crippen molar-refractivity contribution in [3.63, 3.8) is 0 Å². The van der Waals surface area contributed by atoms with Crippen molar-refractivity contribution in [3.8, 4) is 11.5 Å². The fraction of sp³-hybridized carbons (Fsp3) is 0.250. The molecule has 2 aromatic carbocycles. The molecule has 0 unspecified atom stereocenters. The lowest BCUT2D eigenvalue weighted by atomic mass is 10.3. The van der Waals surface area contributed by atoms with E-state index in [1.54, 1.807) is 0 Å². The van der Waals surface area contributed by atoms with Crippen LogP contribution in [0.2, 0.25) is 0 Å². The molecule has 0 radical (unpaired) electrons. The first-order chi connectivity index (χ1) is 9.78. The van der Waals surface area contributed by atoms with Gasteiger partial charge in [-0.15, -0.1) is 0 Å². The van der Waals surface area contributed by atoms with Crippen LogP contribution in [0.1, 0.15) is 6.92 Å². The number of hydrogen-bond acceptors (Lipinski definition) is 3. The molecule has 0 atom stereocenters. The molecule has 0 spiro atoms. The van der Waals surface area contributed by atoms with Gasteiger partial charge in [-0.05, 0) is 55.5 Å². The summed E-state index contributed by atoms with van der Waals surface area (Å²) in [7, 11) is 0. The van der Waals surface area contributed by atoms with E-state index in [-0.39, 0.29) is 0 Å². The summed E-state index contributed by atoms with van der Waals surface area (Å²) >= 11 is 3.40. The Hall–Kier alpha value is -1.68. The highest BCUT2D eigenvalue weighted by Gasteiger charge is 1.96. The lowest BCUT2D eigenvalue weighted by molar-refractivity contribution is 0.333. The summed E-state index contributed by atoms with van der Waals surface area (Å²) in [4.78, 5) is 0. The number of halogens is 1. The lowest BCUT2D eigenvalue weighted by Crippen LogP contribution is -2.11. The molecule has 2 rings (SSSR count). The molecule has 0 saturated heterocycles. The number of rotatable bonds is 7. The highest BCUT2D eigenvalue weighted by molar-refractivity contribution is 9.10. The minimum Gasteiger partial charge on any atom is -0.494 e. The van der Waals surface area contributed by atoms with Gasteiger partial charge in [-0.3, -0.25) is 0 Å². The maximum absolute atomic E-state index is 5.64. The highest BCUT2D eigenvalue weighted by atomic mass is 79.9. The Balaban J connectivity index is 1.71. The first-order valence-corrected chi connectivity index (χ1v) is 7.42. The summed E-state index contributed by atoms with van der Waals surface area (Å²) in [6.45, 7) is 4.04. The van der Waals surface area contributed by atoms with Gasteiger partial charge in [0.1, 0.15) is 18.1 Å². The van der Waals surface area contributed by atoms with Crippen molar-refractivity contribution in [2.75, 3.05) is 25.1 Å². The van der Waals surface area contributed by atoms with Crippen molar-refractivity contribution in [3.05, 3.63) is 53.0 Å². The third-order valence-electron chi connectivity index (χ3n) is 2.68. The zero-order valence-corrected chi connectivity index (χ0v) is 13.0. The highest BCUT2D eigenvalue weighted by Crippen LogP contribution is 2.17. The quantitative estimate of drug-likeness (QED) is 0.763. The predicted molar refractivity (Wildman–Crippen MR) is 85.7 cm³/mol. The molecule has 0 bridgehead atoms. The fourth-order valence-corrected chi connectivity index (χ4v) is 2.00. The summed E-state index contributed by atoms with van der Waals surface area (Å²) < 4.78 is 12.1. The SMILES string of the molecule is CCOc1ccc(NCCOc2ccc(Br)cc2)cc1. The number of nitrogens with one attached hydrogen (secondary N) is 1. The van der Waals surface area contributed by atoms with Gasteiger partial charge in [0.15, 0.2) is 0 Å². The average molecular weight is 336 g/mol. The Morgan fingerprint density at radius 1 is 0.900 bits per heavy atom. The van der Waals surface area contributed by atoms with Crippen LogP contribution in [0, 0.1) is 0 Å². The summed E-state index contributed by atoms with van der Waals surface area (Å²) in [5.41, 5.74) is 1.06. The topological polar surface area (TPSA) is 30.5 Å². The van der Waals surface area contributed by atoms with E-state index in [0.29, 0.717) is 13.2 Å². The second-order valence-corrected chi connectivity index (χ2v) is 5.10. The van der Waals surface area contributed by atoms with Crippen molar-refractivity contribution < 1.29 is 9.47 Å². The van der Waals surface area contributed by atoms with Gasteiger partial charge in [0.2, 0.25) is 0 Å². The van der Waals surface area contributed by atoms with Gasteiger partial charge in [-0.25, -0.2) is 0 Å². The van der Waals surface area contributed by atoms with E-state index >= 15 is 0 Å². The van der Waals surface area contributed by atoms with E-state index < -0.39 is 0 Å². The number of benzene rings is 2. The zero-order chi connectivity index (χ0) is 14.2. The van der Waals surface area contributed by atoms with E-state index in [0.717, 1.165) is 28.2 Å². The average Bonchev–Trinajstić information content (AvgIpc) is 2.47. The molecule has 0 aliphatic heterocycles. The Morgan fingerprint density at radius 3 is 2.15 bits per heavy atom. The Labute approximate surface area is 128 Å². The molecule has 0 aliphatic rings. The normalized spacial score (nSPS) is 10.1. The number of ether oxygens (including phenoxy) is 2. The summed E-state index contributed by atoms with van der Waals surface area (Å²) in [5, 5.41) is 3.31. The van der Waals surface area contributed by atoms with Crippen molar-refractivity contribution >= 4 is 21.6 Å². The molecular formula is C16H18BrNO2. The van der Waals surface area contributed by atoms with Crippen LogP contribution in [0.25, 0.3) is 0 Å². The smallest absolute Gasteiger partial charge is 0.119 e. The molecule has 20 heavy (non-hydrogen) atoms. The zero-order valence-electron chi connectivity index (χ0n) is 11.4. The largest absolute Gasteiger partial charge is 0.494 e. The van der Waals surface area contributed by atoms with Crippen molar-refractivity contribution in [2.45, 2.75) is 6.92 Å². The molecule has 106 valence electrons. The summed E-state index contributed by atoms with van der Waals surface area (Å²) in [6.07, 6.45) is 0. The Kier molecular flexibility index (Phi) is 5.74. The Bertz CT molecular complexity index is 511. The molecule has 1 N–H and O–H groups in total. The molecule has 3 nitrogen and oxygen atoms in total. The van der Waals surface area contributed by atoms with E-state index in [9.17, 15) is 0 Å². The van der Waals surface area contributed by atoms with E-state index in [2.05, 4.69) is 21.2 Å². The van der Waals surface area contributed by atoms with Gasteiger partial charge in [-0.2, -0.15) is 0 Å². The van der Waals surface area contributed by atoms with Crippen molar-refractivity contribution in [2.24, 2.45) is 0 Å². The standard InChI is InChI=1S/C16H18BrNO2/c1-2-19-15-9-5-14(6-10-15)18-11-12-20-16-7-3-13(17)4-8-16/h3-10,18H,2,11-12H2,1H3. The van der Waals surface area contributed by atoms with Gasteiger partial charge < -0.3 is 14.8 Å². The second-order valence-electron chi connectivity index (χ2n) is 4.19. The van der Waals surface area contributed by atoms with E-state index in [1.807, 2.05) is 55.5 Å². The monoisotopic (exact) mass is 335 g/mol. The maximum atomic E-state index is 5.64. The second kappa shape index (κ2) is 7.80. The maximum Gasteiger partial charge on any atom is 0.119 e. The number of anilines is 1. The van der Waals surface area contributed by atoms with Crippen LogP contribution in [0.4, 0.5) is 5.69 Å². The van der Waals surface area contributed by atoms with Crippen molar-refractivity contribution in [1.29, 1.82) is 0 Å². The molecule has 2 aromatic rings. The Morgan fingerprint density at radius 2 is 1.50 bits per heavy atom. The van der Waals surface area contributed by atoms with Crippen LogP contribution in [-0.4, -0.2) is 19.8 Å². The van der Waals surface area contributed by atoms with Gasteiger partial charge in [0.25, 0.3) is 0 Å². The molecule has 0 heterocycles. The lowest BCUT2D eigenvalue weighted by Gasteiger charge is -2.09. The van der Waals surface area contributed by atoms with E-state index in [1.165, 1.54) is 0 Å². The third kappa shape index (κ3) is 4.78. The van der Waals surface area contributed by atoms with Gasteiger partial charge in [-0.1, -0.05) is 15.9 Å². The summed E-state index contributed by atoms with van der Waals surface area (Å²) in [6, 6.07) is 15.8. The predicted octanol–water partition coefficient (Wildman–Crippen LogP) is 4.34. The number of hydrogen-bond donors (Lipinski definition) is 1. The first kappa shape index (κ1) is 14.7. The van der Waals surface area contributed by atoms with Crippen LogP contribution in [0.5, 0.6) is 11.5 Å². The van der Waals surface area contributed by atoms with Crippen LogP contribution in [-0.2, 0) is 0 Å². The molecule has 0 amide bonds. The van der Waals surface area contributed by atoms with E-state index in [4.69, 9.17) is 9.47 Å². The van der Waals surface area contributed by atoms with Crippen molar-refractivity contribution in [1.82, 2.24) is 0 Å². The molecule has 0 aliphatic carbocycles. The fourth-order valence-electron chi connectivity index (χ4n) is 1.73. The molecule has 4 heteroatoms. The third-order valence-corrected chi connectivity index (χ3v) is 3.21. The van der Waals surface area contributed by atoms with Crippen LogP contribution in [0.15, 0.2) is 53.0 Å². The molecular weight excluding hydrogens is 318 g/mol. The van der Waals surface area contributed by atoms with Crippen LogP contribution < -0.4 is 14.8 Å². The van der Waals surface area contributed by atoms with Gasteiger partial charge in [0, 0.05) is 16.7 Å².